The molecule has 1 aromatic heterocycles. The number of anilines is 1. The molecule has 1 heterocycles. The number of benzene rings is 3. The van der Waals surface area contributed by atoms with Crippen molar-refractivity contribution in [3.8, 4) is 5.88 Å². The minimum Gasteiger partial charge on any atom is -0.494 e. The molecule has 3 aromatic carbocycles. The van der Waals surface area contributed by atoms with E-state index in [1.54, 1.807) is 42.6 Å². The standard InChI is InChI=1S/C21H17N3O3S/c25-21-19(18-8-4-5-9-20(18)23-21)14-22-15-10-12-17(13-11-15)28(26,27)24-16-6-2-1-3-7-16/h1-14,23-25H. The second-order valence-electron chi connectivity index (χ2n) is 6.16. The van der Waals surface area contributed by atoms with E-state index in [9.17, 15) is 13.5 Å². The van der Waals surface area contributed by atoms with Crippen molar-refractivity contribution in [3.05, 3.63) is 84.4 Å². The zero-order chi connectivity index (χ0) is 19.6. The number of aromatic amines is 1. The Bertz CT molecular complexity index is 1250. The number of hydrogen-bond acceptors (Lipinski definition) is 4. The molecule has 140 valence electrons. The molecule has 0 atom stereocenters. The molecule has 0 saturated carbocycles. The summed E-state index contributed by atoms with van der Waals surface area (Å²) in [6, 6.07) is 22.4. The normalized spacial score (nSPS) is 11.9. The molecule has 0 bridgehead atoms. The molecular weight excluding hydrogens is 374 g/mol. The first kappa shape index (κ1) is 17.8. The summed E-state index contributed by atoms with van der Waals surface area (Å²) < 4.78 is 27.5. The molecule has 0 unspecified atom stereocenters. The topological polar surface area (TPSA) is 94.6 Å². The molecule has 4 aromatic rings. The lowest BCUT2D eigenvalue weighted by Crippen LogP contribution is -2.12. The van der Waals surface area contributed by atoms with Gasteiger partial charge >= 0.3 is 0 Å². The number of nitrogens with one attached hydrogen (secondary N) is 2. The Morgan fingerprint density at radius 1 is 0.893 bits per heavy atom. The molecule has 0 aliphatic carbocycles. The van der Waals surface area contributed by atoms with Crippen LogP contribution in [0, 0.1) is 0 Å². The van der Waals surface area contributed by atoms with Crippen LogP contribution in [0.2, 0.25) is 0 Å². The first-order valence-corrected chi connectivity index (χ1v) is 10.0. The van der Waals surface area contributed by atoms with Gasteiger partial charge in [-0.1, -0.05) is 36.4 Å². The number of aliphatic imine (C=N–C) groups is 1. The molecule has 0 aliphatic heterocycles. The van der Waals surface area contributed by atoms with Crippen molar-refractivity contribution in [2.75, 3.05) is 4.72 Å². The van der Waals surface area contributed by atoms with E-state index in [4.69, 9.17) is 0 Å². The highest BCUT2D eigenvalue weighted by Gasteiger charge is 2.14. The van der Waals surface area contributed by atoms with Gasteiger partial charge in [-0.15, -0.1) is 0 Å². The summed E-state index contributed by atoms with van der Waals surface area (Å²) in [5, 5.41) is 10.9. The molecule has 28 heavy (non-hydrogen) atoms. The molecule has 6 nitrogen and oxygen atoms in total. The lowest BCUT2D eigenvalue weighted by Gasteiger charge is -2.07. The van der Waals surface area contributed by atoms with Gasteiger partial charge in [0, 0.05) is 22.8 Å². The third kappa shape index (κ3) is 3.60. The molecule has 7 heteroatoms. The Labute approximate surface area is 162 Å². The first-order valence-electron chi connectivity index (χ1n) is 8.55. The van der Waals surface area contributed by atoms with E-state index < -0.39 is 10.0 Å². The predicted octanol–water partition coefficient (Wildman–Crippen LogP) is 4.42. The summed E-state index contributed by atoms with van der Waals surface area (Å²) in [5.41, 5.74) is 2.47. The Balaban J connectivity index is 1.56. The van der Waals surface area contributed by atoms with Gasteiger partial charge in [-0.05, 0) is 42.5 Å². The number of para-hydroxylation sites is 2. The van der Waals surface area contributed by atoms with Crippen LogP contribution in [0.15, 0.2) is 88.8 Å². The number of hydrogen-bond donors (Lipinski definition) is 3. The summed E-state index contributed by atoms with van der Waals surface area (Å²) in [5.74, 6) is 0.0382. The van der Waals surface area contributed by atoms with E-state index in [0.29, 0.717) is 16.9 Å². The van der Waals surface area contributed by atoms with Crippen LogP contribution < -0.4 is 4.72 Å². The zero-order valence-corrected chi connectivity index (χ0v) is 15.5. The van der Waals surface area contributed by atoms with Crippen LogP contribution in [0.3, 0.4) is 0 Å². The number of fused-ring (bicyclic) bond motifs is 1. The minimum atomic E-state index is -3.67. The lowest BCUT2D eigenvalue weighted by molar-refractivity contribution is 0.457. The second-order valence-corrected chi connectivity index (χ2v) is 7.84. The van der Waals surface area contributed by atoms with E-state index in [-0.39, 0.29) is 10.8 Å². The van der Waals surface area contributed by atoms with Gasteiger partial charge in [-0.2, -0.15) is 0 Å². The third-order valence-electron chi connectivity index (χ3n) is 4.24. The van der Waals surface area contributed by atoms with E-state index >= 15 is 0 Å². The van der Waals surface area contributed by atoms with Gasteiger partial charge in [0.1, 0.15) is 0 Å². The number of sulfonamides is 1. The lowest BCUT2D eigenvalue weighted by atomic mass is 10.2. The van der Waals surface area contributed by atoms with Crippen molar-refractivity contribution >= 4 is 38.5 Å². The molecule has 0 spiro atoms. The number of H-pyrrole nitrogens is 1. The summed E-state index contributed by atoms with van der Waals surface area (Å²) in [6.07, 6.45) is 1.56. The fourth-order valence-corrected chi connectivity index (χ4v) is 3.91. The maximum Gasteiger partial charge on any atom is 0.261 e. The summed E-state index contributed by atoms with van der Waals surface area (Å²) >= 11 is 0. The maximum absolute atomic E-state index is 12.5. The van der Waals surface area contributed by atoms with Gasteiger partial charge in [0.25, 0.3) is 10.0 Å². The van der Waals surface area contributed by atoms with Crippen molar-refractivity contribution in [2.24, 2.45) is 4.99 Å². The highest BCUT2D eigenvalue weighted by molar-refractivity contribution is 7.92. The molecular formula is C21H17N3O3S. The quantitative estimate of drug-likeness (QED) is 0.439. The van der Waals surface area contributed by atoms with E-state index in [2.05, 4.69) is 14.7 Å². The van der Waals surface area contributed by atoms with Gasteiger partial charge in [0.2, 0.25) is 0 Å². The van der Waals surface area contributed by atoms with Gasteiger partial charge in [-0.25, -0.2) is 8.42 Å². The number of aromatic hydroxyl groups is 1. The minimum absolute atomic E-state index is 0.0382. The fourth-order valence-electron chi connectivity index (χ4n) is 2.85. The molecule has 0 amide bonds. The van der Waals surface area contributed by atoms with Gasteiger partial charge in [0.05, 0.1) is 16.1 Å². The Morgan fingerprint density at radius 3 is 2.32 bits per heavy atom. The van der Waals surface area contributed by atoms with Gasteiger partial charge < -0.3 is 10.1 Å². The molecule has 4 rings (SSSR count). The Kier molecular flexibility index (Phi) is 4.58. The van der Waals surface area contributed by atoms with Crippen molar-refractivity contribution in [3.63, 3.8) is 0 Å². The van der Waals surface area contributed by atoms with E-state index in [0.717, 1.165) is 10.9 Å². The van der Waals surface area contributed by atoms with Crippen LogP contribution in [0.25, 0.3) is 10.9 Å². The van der Waals surface area contributed by atoms with E-state index in [1.165, 1.54) is 12.1 Å². The summed E-state index contributed by atoms with van der Waals surface area (Å²) in [7, 11) is -3.67. The third-order valence-corrected chi connectivity index (χ3v) is 5.64. The van der Waals surface area contributed by atoms with Crippen LogP contribution in [0.4, 0.5) is 11.4 Å². The number of rotatable bonds is 5. The average Bonchev–Trinajstić information content (AvgIpc) is 3.02. The second kappa shape index (κ2) is 7.21. The summed E-state index contributed by atoms with van der Waals surface area (Å²) in [6.45, 7) is 0. The van der Waals surface area contributed by atoms with Crippen LogP contribution >= 0.6 is 0 Å². The molecule has 0 saturated heterocycles. The molecule has 0 aliphatic rings. The van der Waals surface area contributed by atoms with Crippen molar-refractivity contribution in [2.45, 2.75) is 4.90 Å². The Hall–Kier alpha value is -3.58. The largest absolute Gasteiger partial charge is 0.494 e. The van der Waals surface area contributed by atoms with Crippen LogP contribution in [0.1, 0.15) is 5.56 Å². The predicted molar refractivity (Wildman–Crippen MR) is 111 cm³/mol. The summed E-state index contributed by atoms with van der Waals surface area (Å²) in [4.78, 5) is 7.38. The zero-order valence-electron chi connectivity index (χ0n) is 14.7. The smallest absolute Gasteiger partial charge is 0.261 e. The van der Waals surface area contributed by atoms with Crippen LogP contribution in [-0.4, -0.2) is 24.7 Å². The van der Waals surface area contributed by atoms with Crippen molar-refractivity contribution < 1.29 is 13.5 Å². The number of aromatic nitrogens is 1. The first-order chi connectivity index (χ1) is 13.5. The maximum atomic E-state index is 12.5. The van der Waals surface area contributed by atoms with Crippen molar-refractivity contribution in [1.29, 1.82) is 0 Å². The van der Waals surface area contributed by atoms with Gasteiger partial charge in [-0.3, -0.25) is 9.71 Å². The monoisotopic (exact) mass is 391 g/mol. The Morgan fingerprint density at radius 2 is 1.57 bits per heavy atom. The highest BCUT2D eigenvalue weighted by Crippen LogP contribution is 2.26. The molecule has 0 radical (unpaired) electrons. The van der Waals surface area contributed by atoms with Crippen LogP contribution in [-0.2, 0) is 10.0 Å². The number of nitrogens with zero attached hydrogens (tertiary/aromatic N) is 1. The average molecular weight is 391 g/mol. The van der Waals surface area contributed by atoms with Crippen LogP contribution in [0.5, 0.6) is 5.88 Å². The van der Waals surface area contributed by atoms with Gasteiger partial charge in [0.15, 0.2) is 5.88 Å². The SMILES string of the molecule is O=S(=O)(Nc1ccccc1)c1ccc(N=Cc2c(O)[nH]c3ccccc23)cc1. The molecule has 0 fully saturated rings. The van der Waals surface area contributed by atoms with Crippen molar-refractivity contribution in [1.82, 2.24) is 4.98 Å². The fraction of sp³-hybridized carbons (Fsp3) is 0. The highest BCUT2D eigenvalue weighted by atomic mass is 32.2. The van der Waals surface area contributed by atoms with E-state index in [1.807, 2.05) is 30.3 Å². The molecule has 3 N–H and O–H groups in total.